The molecule has 1 aromatic carbocycles. The van der Waals surface area contributed by atoms with E-state index in [0.29, 0.717) is 19.0 Å². The smallest absolute Gasteiger partial charge is 0.404 e. The van der Waals surface area contributed by atoms with E-state index in [9.17, 15) is 4.57 Å². The van der Waals surface area contributed by atoms with Gasteiger partial charge < -0.3 is 4.52 Å². The highest BCUT2D eigenvalue weighted by Gasteiger charge is 2.42. The Kier molecular flexibility index (Phi) is 5.25. The summed E-state index contributed by atoms with van der Waals surface area (Å²) in [4.78, 5) is 0. The van der Waals surface area contributed by atoms with Crippen LogP contribution >= 0.6 is 7.82 Å². The first-order chi connectivity index (χ1) is 9.61. The summed E-state index contributed by atoms with van der Waals surface area (Å²) >= 11 is 0. The quantitative estimate of drug-likeness (QED) is 0.707. The van der Waals surface area contributed by atoms with Gasteiger partial charge in [-0.1, -0.05) is 44.9 Å². The molecule has 4 nitrogen and oxygen atoms in total. The Morgan fingerprint density at radius 1 is 1.20 bits per heavy atom. The lowest BCUT2D eigenvalue weighted by Crippen LogP contribution is -2.35. The van der Waals surface area contributed by atoms with Crippen LogP contribution in [0.15, 0.2) is 30.3 Å². The summed E-state index contributed by atoms with van der Waals surface area (Å²) in [6.45, 7) is 5.16. The van der Waals surface area contributed by atoms with Crippen LogP contribution in [-0.4, -0.2) is 13.2 Å². The fraction of sp³-hybridized carbons (Fsp3) is 0.600. The van der Waals surface area contributed by atoms with Crippen LogP contribution in [0, 0.1) is 5.41 Å². The lowest BCUT2D eigenvalue weighted by Gasteiger charge is -2.38. The van der Waals surface area contributed by atoms with Gasteiger partial charge in [0.25, 0.3) is 0 Å². The van der Waals surface area contributed by atoms with Gasteiger partial charge in [-0.15, -0.1) is 0 Å². The van der Waals surface area contributed by atoms with Crippen molar-refractivity contribution in [3.05, 3.63) is 30.3 Å². The van der Waals surface area contributed by atoms with Crippen molar-refractivity contribution in [2.75, 3.05) is 13.2 Å². The van der Waals surface area contributed by atoms with Crippen molar-refractivity contribution < 1.29 is 18.1 Å². The van der Waals surface area contributed by atoms with Crippen LogP contribution in [0.25, 0.3) is 0 Å². The third kappa shape index (κ3) is 3.85. The molecule has 0 N–H and O–H groups in total. The molecule has 0 amide bonds. The van der Waals surface area contributed by atoms with E-state index in [1.54, 1.807) is 12.1 Å². The molecule has 0 spiro atoms. The number of hydrogen-bond acceptors (Lipinski definition) is 4. The lowest BCUT2D eigenvalue weighted by atomic mass is 9.82. The van der Waals surface area contributed by atoms with Crippen molar-refractivity contribution in [2.45, 2.75) is 39.5 Å². The first kappa shape index (κ1) is 15.6. The van der Waals surface area contributed by atoms with Crippen LogP contribution in [0.5, 0.6) is 5.75 Å². The maximum atomic E-state index is 12.4. The van der Waals surface area contributed by atoms with Crippen LogP contribution < -0.4 is 4.52 Å². The highest BCUT2D eigenvalue weighted by Crippen LogP contribution is 2.55. The van der Waals surface area contributed by atoms with E-state index in [1.165, 1.54) is 0 Å². The molecule has 112 valence electrons. The highest BCUT2D eigenvalue weighted by atomic mass is 31.2. The number of phosphoric acid groups is 1. The predicted molar refractivity (Wildman–Crippen MR) is 78.8 cm³/mol. The van der Waals surface area contributed by atoms with Crippen LogP contribution in [0.3, 0.4) is 0 Å². The molecule has 2 rings (SSSR count). The van der Waals surface area contributed by atoms with E-state index >= 15 is 0 Å². The van der Waals surface area contributed by atoms with Gasteiger partial charge in [-0.2, -0.15) is 0 Å². The van der Waals surface area contributed by atoms with Crippen LogP contribution in [0.4, 0.5) is 0 Å². The van der Waals surface area contributed by atoms with Gasteiger partial charge in [0.05, 0.1) is 13.2 Å². The van der Waals surface area contributed by atoms with Gasteiger partial charge >= 0.3 is 7.82 Å². The van der Waals surface area contributed by atoms with Crippen LogP contribution in [-0.2, 0) is 13.6 Å². The van der Waals surface area contributed by atoms with Crippen molar-refractivity contribution >= 4 is 7.82 Å². The van der Waals surface area contributed by atoms with Gasteiger partial charge in [0.15, 0.2) is 0 Å². The number of rotatable bonds is 6. The predicted octanol–water partition coefficient (Wildman–Crippen LogP) is 4.81. The minimum absolute atomic E-state index is 0.0238. The molecule has 0 atom stereocenters. The monoisotopic (exact) mass is 298 g/mol. The van der Waals surface area contributed by atoms with Crippen molar-refractivity contribution in [1.82, 2.24) is 0 Å². The SMILES string of the molecule is CCCCC1(CC)COP(=O)(Oc2ccccc2)OC1. The highest BCUT2D eigenvalue weighted by molar-refractivity contribution is 7.49. The molecular formula is C15H23O4P. The standard InChI is InChI=1S/C15H23O4P/c1-3-5-11-15(4-2)12-17-20(16,18-13-15)19-14-9-7-6-8-10-14/h6-10H,3-5,11-13H2,1-2H3. The van der Waals surface area contributed by atoms with Gasteiger partial charge in [-0.05, 0) is 25.0 Å². The molecule has 1 heterocycles. The second-order valence-electron chi connectivity index (χ2n) is 5.36. The summed E-state index contributed by atoms with van der Waals surface area (Å²) in [6, 6.07) is 9.00. The van der Waals surface area contributed by atoms with Gasteiger partial charge in [0.1, 0.15) is 5.75 Å². The second-order valence-corrected chi connectivity index (χ2v) is 6.95. The molecule has 0 unspecified atom stereocenters. The molecule has 0 radical (unpaired) electrons. The van der Waals surface area contributed by atoms with Gasteiger partial charge in [-0.25, -0.2) is 4.57 Å². The van der Waals surface area contributed by atoms with E-state index in [1.807, 2.05) is 18.2 Å². The molecule has 1 saturated heterocycles. The summed E-state index contributed by atoms with van der Waals surface area (Å²) in [5.74, 6) is 0.508. The van der Waals surface area contributed by atoms with Gasteiger partial charge in [0.2, 0.25) is 0 Å². The first-order valence-electron chi connectivity index (χ1n) is 7.25. The number of benzene rings is 1. The zero-order chi connectivity index (χ0) is 14.5. The first-order valence-corrected chi connectivity index (χ1v) is 8.71. The Bertz CT molecular complexity index is 448. The third-order valence-corrected chi connectivity index (χ3v) is 5.15. The maximum Gasteiger partial charge on any atom is 0.530 e. The molecule has 1 fully saturated rings. The largest absolute Gasteiger partial charge is 0.530 e. The molecule has 0 bridgehead atoms. The molecule has 5 heteroatoms. The molecule has 0 aliphatic carbocycles. The van der Waals surface area contributed by atoms with Crippen LogP contribution in [0.2, 0.25) is 0 Å². The summed E-state index contributed by atoms with van der Waals surface area (Å²) in [5.41, 5.74) is -0.0238. The Labute approximate surface area is 121 Å². The fourth-order valence-electron chi connectivity index (χ4n) is 2.25. The van der Waals surface area contributed by atoms with Gasteiger partial charge in [0, 0.05) is 5.41 Å². The van der Waals surface area contributed by atoms with Crippen molar-refractivity contribution in [1.29, 1.82) is 0 Å². The lowest BCUT2D eigenvalue weighted by molar-refractivity contribution is -0.0115. The second kappa shape index (κ2) is 6.75. The Morgan fingerprint density at radius 3 is 2.40 bits per heavy atom. The minimum Gasteiger partial charge on any atom is -0.404 e. The van der Waals surface area contributed by atoms with E-state index in [-0.39, 0.29) is 5.41 Å². The summed E-state index contributed by atoms with van der Waals surface area (Å²) in [6.07, 6.45) is 4.26. The number of unbranched alkanes of at least 4 members (excludes halogenated alkanes) is 1. The number of phosphoric ester groups is 1. The van der Waals surface area contributed by atoms with Crippen molar-refractivity contribution in [3.63, 3.8) is 0 Å². The van der Waals surface area contributed by atoms with E-state index in [2.05, 4.69) is 13.8 Å². The summed E-state index contributed by atoms with van der Waals surface area (Å²) in [5, 5.41) is 0. The fourth-order valence-corrected chi connectivity index (χ4v) is 3.67. The van der Waals surface area contributed by atoms with Crippen LogP contribution in [0.1, 0.15) is 39.5 Å². The Hall–Kier alpha value is -0.830. The van der Waals surface area contributed by atoms with E-state index in [0.717, 1.165) is 25.7 Å². The molecule has 20 heavy (non-hydrogen) atoms. The van der Waals surface area contributed by atoms with Gasteiger partial charge in [-0.3, -0.25) is 9.05 Å². The zero-order valence-corrected chi connectivity index (χ0v) is 13.1. The molecule has 0 aromatic heterocycles. The number of hydrogen-bond donors (Lipinski definition) is 0. The minimum atomic E-state index is -3.46. The maximum absolute atomic E-state index is 12.4. The Morgan fingerprint density at radius 2 is 1.85 bits per heavy atom. The average Bonchev–Trinajstić information content (AvgIpc) is 2.48. The molecule has 1 aromatic rings. The number of para-hydroxylation sites is 1. The third-order valence-electron chi connectivity index (χ3n) is 3.83. The summed E-state index contributed by atoms with van der Waals surface area (Å²) in [7, 11) is -3.46. The van der Waals surface area contributed by atoms with Crippen molar-refractivity contribution in [2.24, 2.45) is 5.41 Å². The normalized spacial score (nSPS) is 30.1. The van der Waals surface area contributed by atoms with E-state index in [4.69, 9.17) is 13.6 Å². The molecule has 1 aliphatic heterocycles. The molecule has 0 saturated carbocycles. The molecule has 1 aliphatic rings. The molecular weight excluding hydrogens is 275 g/mol. The van der Waals surface area contributed by atoms with E-state index < -0.39 is 7.82 Å². The zero-order valence-electron chi connectivity index (χ0n) is 12.2. The van der Waals surface area contributed by atoms with Crippen molar-refractivity contribution in [3.8, 4) is 5.75 Å². The average molecular weight is 298 g/mol. The summed E-state index contributed by atoms with van der Waals surface area (Å²) < 4.78 is 28.8. The Balaban J connectivity index is 1.97. The topological polar surface area (TPSA) is 44.8 Å².